The fourth-order valence-electron chi connectivity index (χ4n) is 2.86. The Labute approximate surface area is 168 Å². The molecule has 0 fully saturated rings. The van der Waals surface area contributed by atoms with Gasteiger partial charge in [-0.1, -0.05) is 24.1 Å². The number of aromatic amines is 1. The summed E-state index contributed by atoms with van der Waals surface area (Å²) in [5.41, 5.74) is 1.58. The van der Waals surface area contributed by atoms with Crippen molar-refractivity contribution >= 4 is 26.9 Å². The molecule has 0 unspecified atom stereocenters. The largest absolute Gasteiger partial charge is 0.481 e. The molecule has 2 aromatic carbocycles. The third kappa shape index (κ3) is 4.96. The number of carbonyl (C=O) groups is 1. The van der Waals surface area contributed by atoms with Gasteiger partial charge < -0.3 is 14.8 Å². The van der Waals surface area contributed by atoms with Gasteiger partial charge in [0.2, 0.25) is 10.0 Å². The SMILES string of the molecule is CC#CCOc1ccc(S(=O)(=O)N[C@@H](Cc2c[nH]c3ccccc23)C(=O)O)cc1. The van der Waals surface area contributed by atoms with E-state index >= 15 is 0 Å². The third-order valence-electron chi connectivity index (χ3n) is 4.32. The first kappa shape index (κ1) is 20.5. The van der Waals surface area contributed by atoms with Crippen molar-refractivity contribution in [2.75, 3.05) is 6.61 Å². The van der Waals surface area contributed by atoms with Gasteiger partial charge in [0.05, 0.1) is 4.90 Å². The van der Waals surface area contributed by atoms with Crippen molar-refractivity contribution < 1.29 is 23.1 Å². The van der Waals surface area contributed by atoms with Crippen LogP contribution in [0.25, 0.3) is 10.9 Å². The lowest BCUT2D eigenvalue weighted by atomic mass is 10.1. The van der Waals surface area contributed by atoms with Crippen LogP contribution in [0.15, 0.2) is 59.6 Å². The summed E-state index contributed by atoms with van der Waals surface area (Å²) in [7, 11) is -4.03. The van der Waals surface area contributed by atoms with Gasteiger partial charge in [-0.25, -0.2) is 8.42 Å². The Morgan fingerprint density at radius 2 is 1.93 bits per heavy atom. The van der Waals surface area contributed by atoms with Gasteiger partial charge in [0, 0.05) is 23.5 Å². The van der Waals surface area contributed by atoms with Crippen LogP contribution in [0, 0.1) is 11.8 Å². The number of aliphatic carboxylic acids is 1. The summed E-state index contributed by atoms with van der Waals surface area (Å²) < 4.78 is 33.0. The summed E-state index contributed by atoms with van der Waals surface area (Å²) in [6, 6.07) is 11.9. The molecule has 0 aliphatic heterocycles. The number of para-hydroxylation sites is 1. The molecule has 0 saturated heterocycles. The summed E-state index contributed by atoms with van der Waals surface area (Å²) in [5.74, 6) is 4.66. The Morgan fingerprint density at radius 1 is 1.21 bits per heavy atom. The molecule has 7 nitrogen and oxygen atoms in total. The minimum Gasteiger partial charge on any atom is -0.481 e. The molecule has 0 amide bonds. The molecule has 3 rings (SSSR count). The first-order valence-corrected chi connectivity index (χ1v) is 10.3. The Morgan fingerprint density at radius 3 is 2.62 bits per heavy atom. The minimum atomic E-state index is -4.03. The van der Waals surface area contributed by atoms with Gasteiger partial charge in [-0.3, -0.25) is 4.79 Å². The molecule has 1 aromatic heterocycles. The Kier molecular flexibility index (Phi) is 6.22. The molecule has 3 aromatic rings. The first-order valence-electron chi connectivity index (χ1n) is 8.83. The van der Waals surface area contributed by atoms with Gasteiger partial charge >= 0.3 is 5.97 Å². The normalized spacial score (nSPS) is 12.2. The molecule has 0 spiro atoms. The van der Waals surface area contributed by atoms with Crippen LogP contribution in [0.2, 0.25) is 0 Å². The van der Waals surface area contributed by atoms with Gasteiger partial charge in [0.25, 0.3) is 0 Å². The van der Waals surface area contributed by atoms with Crippen LogP contribution in [0.5, 0.6) is 5.75 Å². The number of aromatic nitrogens is 1. The Balaban J connectivity index is 1.76. The number of rotatable bonds is 8. The van der Waals surface area contributed by atoms with E-state index in [0.29, 0.717) is 5.75 Å². The molecule has 1 atom stereocenters. The Bertz CT molecular complexity index is 1170. The predicted molar refractivity (Wildman–Crippen MR) is 109 cm³/mol. The van der Waals surface area contributed by atoms with Crippen molar-refractivity contribution in [3.8, 4) is 17.6 Å². The topological polar surface area (TPSA) is 108 Å². The maximum absolute atomic E-state index is 12.7. The standard InChI is InChI=1S/C21H20N2O5S/c1-2-3-12-28-16-8-10-17(11-9-16)29(26,27)23-20(21(24)25)13-15-14-22-19-7-5-4-6-18(15)19/h4-11,14,20,22-23H,12-13H2,1H3,(H,24,25)/t20-/m0/s1. The maximum atomic E-state index is 12.7. The average Bonchev–Trinajstić information content (AvgIpc) is 3.11. The van der Waals surface area contributed by atoms with E-state index in [4.69, 9.17) is 4.74 Å². The smallest absolute Gasteiger partial charge is 0.322 e. The molecule has 29 heavy (non-hydrogen) atoms. The van der Waals surface area contributed by atoms with E-state index < -0.39 is 22.0 Å². The van der Waals surface area contributed by atoms with Crippen LogP contribution in [0.1, 0.15) is 12.5 Å². The molecule has 0 aliphatic rings. The molecular weight excluding hydrogens is 392 g/mol. The summed E-state index contributed by atoms with van der Waals surface area (Å²) in [5, 5.41) is 10.4. The number of hydrogen-bond donors (Lipinski definition) is 3. The molecular formula is C21H20N2O5S. The highest BCUT2D eigenvalue weighted by Gasteiger charge is 2.26. The minimum absolute atomic E-state index is 0.00938. The highest BCUT2D eigenvalue weighted by Crippen LogP contribution is 2.21. The molecule has 1 heterocycles. The number of carboxylic acid groups (broad SMARTS) is 1. The third-order valence-corrected chi connectivity index (χ3v) is 5.80. The fraction of sp³-hybridized carbons (Fsp3) is 0.190. The van der Waals surface area contributed by atoms with E-state index in [0.717, 1.165) is 16.5 Å². The monoisotopic (exact) mass is 412 g/mol. The first-order chi connectivity index (χ1) is 13.9. The number of ether oxygens (including phenoxy) is 1. The van der Waals surface area contributed by atoms with Crippen molar-refractivity contribution in [1.29, 1.82) is 0 Å². The van der Waals surface area contributed by atoms with Gasteiger partial charge in [-0.2, -0.15) is 4.72 Å². The van der Waals surface area contributed by atoms with Crippen molar-refractivity contribution in [2.45, 2.75) is 24.3 Å². The highest BCUT2D eigenvalue weighted by molar-refractivity contribution is 7.89. The fourth-order valence-corrected chi connectivity index (χ4v) is 4.05. The predicted octanol–water partition coefficient (Wildman–Crippen LogP) is 2.54. The molecule has 3 N–H and O–H groups in total. The Hall–Kier alpha value is -3.28. The summed E-state index contributed by atoms with van der Waals surface area (Å²) in [6.45, 7) is 1.90. The maximum Gasteiger partial charge on any atom is 0.322 e. The molecule has 150 valence electrons. The molecule has 0 saturated carbocycles. The lowest BCUT2D eigenvalue weighted by Gasteiger charge is -2.15. The molecule has 0 bridgehead atoms. The van der Waals surface area contributed by atoms with E-state index in [1.807, 2.05) is 24.3 Å². The van der Waals surface area contributed by atoms with E-state index in [9.17, 15) is 18.3 Å². The van der Waals surface area contributed by atoms with Crippen molar-refractivity contribution in [2.24, 2.45) is 0 Å². The van der Waals surface area contributed by atoms with Gasteiger partial charge in [0.1, 0.15) is 18.4 Å². The van der Waals surface area contributed by atoms with Crippen LogP contribution in [0.3, 0.4) is 0 Å². The highest BCUT2D eigenvalue weighted by atomic mass is 32.2. The van der Waals surface area contributed by atoms with Crippen molar-refractivity contribution in [3.63, 3.8) is 0 Å². The number of nitrogens with one attached hydrogen (secondary N) is 2. The summed E-state index contributed by atoms with van der Waals surface area (Å²) >= 11 is 0. The zero-order valence-corrected chi connectivity index (χ0v) is 16.5. The molecule has 0 aliphatic carbocycles. The number of carboxylic acids is 1. The van der Waals surface area contributed by atoms with E-state index in [1.54, 1.807) is 13.1 Å². The lowest BCUT2D eigenvalue weighted by Crippen LogP contribution is -2.42. The number of benzene rings is 2. The number of fused-ring (bicyclic) bond motifs is 1. The summed E-state index contributed by atoms with van der Waals surface area (Å²) in [6.07, 6.45) is 1.70. The van der Waals surface area contributed by atoms with Gasteiger partial charge in [-0.05, 0) is 42.8 Å². The van der Waals surface area contributed by atoms with Crippen molar-refractivity contribution in [3.05, 3.63) is 60.3 Å². The zero-order chi connectivity index (χ0) is 20.9. The number of sulfonamides is 1. The van der Waals surface area contributed by atoms with Crippen LogP contribution in [-0.4, -0.2) is 37.1 Å². The van der Waals surface area contributed by atoms with Gasteiger partial charge in [-0.15, -0.1) is 5.92 Å². The second kappa shape index (κ2) is 8.82. The van der Waals surface area contributed by atoms with E-state index in [2.05, 4.69) is 21.5 Å². The van der Waals surface area contributed by atoms with Crippen LogP contribution >= 0.6 is 0 Å². The van der Waals surface area contributed by atoms with Gasteiger partial charge in [0.15, 0.2) is 0 Å². The molecule has 0 radical (unpaired) electrons. The van der Waals surface area contributed by atoms with Crippen LogP contribution < -0.4 is 9.46 Å². The van der Waals surface area contributed by atoms with Crippen LogP contribution in [-0.2, 0) is 21.2 Å². The van der Waals surface area contributed by atoms with Crippen molar-refractivity contribution in [1.82, 2.24) is 9.71 Å². The second-order valence-electron chi connectivity index (χ2n) is 6.26. The zero-order valence-electron chi connectivity index (χ0n) is 15.7. The second-order valence-corrected chi connectivity index (χ2v) is 7.98. The van der Waals surface area contributed by atoms with E-state index in [-0.39, 0.29) is 17.9 Å². The quantitative estimate of drug-likeness (QED) is 0.493. The lowest BCUT2D eigenvalue weighted by molar-refractivity contribution is -0.138. The van der Waals surface area contributed by atoms with Crippen LogP contribution in [0.4, 0.5) is 0 Å². The van der Waals surface area contributed by atoms with E-state index in [1.165, 1.54) is 24.3 Å². The molecule has 8 heteroatoms. The number of hydrogen-bond acceptors (Lipinski definition) is 4. The average molecular weight is 412 g/mol. The summed E-state index contributed by atoms with van der Waals surface area (Å²) in [4.78, 5) is 14.7. The number of H-pyrrole nitrogens is 1.